The molecule has 0 aliphatic rings. The average Bonchev–Trinajstić information content (AvgIpc) is 2.66. The molecule has 0 bridgehead atoms. The Morgan fingerprint density at radius 1 is 1.04 bits per heavy atom. The number of aromatic amines is 1. The van der Waals surface area contributed by atoms with Gasteiger partial charge in [-0.2, -0.15) is 0 Å². The number of fused-ring (bicyclic) bond motifs is 1. The van der Waals surface area contributed by atoms with Gasteiger partial charge in [0.05, 0.1) is 19.2 Å². The summed E-state index contributed by atoms with van der Waals surface area (Å²) in [5, 5.41) is 4.34. The maximum absolute atomic E-state index is 12.3. The van der Waals surface area contributed by atoms with E-state index >= 15 is 0 Å². The lowest BCUT2D eigenvalue weighted by atomic mass is 10.1. The highest BCUT2D eigenvalue weighted by atomic mass is 16.5. The van der Waals surface area contributed by atoms with Crippen LogP contribution in [-0.4, -0.2) is 25.2 Å². The summed E-state index contributed by atoms with van der Waals surface area (Å²) in [6.45, 7) is 3.88. The van der Waals surface area contributed by atoms with Crippen LogP contribution in [0.3, 0.4) is 0 Å². The van der Waals surface area contributed by atoms with Crippen molar-refractivity contribution in [1.29, 1.82) is 0 Å². The second-order valence-electron chi connectivity index (χ2n) is 6.08. The number of nitrogens with one attached hydrogen (secondary N) is 2. The van der Waals surface area contributed by atoms with Crippen molar-refractivity contribution in [1.82, 2.24) is 10.3 Å². The lowest BCUT2D eigenvalue weighted by molar-refractivity contribution is 0.340. The van der Waals surface area contributed by atoms with Crippen LogP contribution in [0.25, 0.3) is 10.9 Å². The Morgan fingerprint density at radius 2 is 1.81 bits per heavy atom. The van der Waals surface area contributed by atoms with Gasteiger partial charge in [0.25, 0.3) is 5.56 Å². The first-order chi connectivity index (χ1) is 12.7. The van der Waals surface area contributed by atoms with Gasteiger partial charge in [-0.25, -0.2) is 0 Å². The molecule has 0 radical (unpaired) electrons. The third-order valence-corrected chi connectivity index (χ3v) is 4.27. The summed E-state index contributed by atoms with van der Waals surface area (Å²) in [4.78, 5) is 15.2. The van der Waals surface area contributed by atoms with E-state index in [0.717, 1.165) is 40.9 Å². The monoisotopic (exact) mass is 352 g/mol. The normalized spacial score (nSPS) is 10.8. The van der Waals surface area contributed by atoms with Crippen molar-refractivity contribution in [3.05, 3.63) is 70.0 Å². The fourth-order valence-electron chi connectivity index (χ4n) is 2.86. The maximum atomic E-state index is 12.3. The van der Waals surface area contributed by atoms with E-state index in [2.05, 4.69) is 22.4 Å². The first-order valence-corrected chi connectivity index (χ1v) is 8.82. The third-order valence-electron chi connectivity index (χ3n) is 4.27. The molecule has 2 aromatic carbocycles. The van der Waals surface area contributed by atoms with E-state index < -0.39 is 0 Å². The molecule has 3 rings (SSSR count). The van der Waals surface area contributed by atoms with Gasteiger partial charge >= 0.3 is 0 Å². The fraction of sp³-hybridized carbons (Fsp3) is 0.286. The van der Waals surface area contributed by atoms with Crippen LogP contribution in [0.15, 0.2) is 53.3 Å². The lowest BCUT2D eigenvalue weighted by Crippen LogP contribution is -2.22. The highest BCUT2D eigenvalue weighted by Crippen LogP contribution is 2.19. The molecule has 1 aromatic heterocycles. The van der Waals surface area contributed by atoms with Gasteiger partial charge in [0.2, 0.25) is 0 Å². The molecule has 0 amide bonds. The van der Waals surface area contributed by atoms with E-state index in [9.17, 15) is 4.79 Å². The molecule has 26 heavy (non-hydrogen) atoms. The van der Waals surface area contributed by atoms with Gasteiger partial charge in [0.1, 0.15) is 11.5 Å². The van der Waals surface area contributed by atoms with E-state index in [1.807, 2.05) is 43.3 Å². The molecule has 0 unspecified atom stereocenters. The van der Waals surface area contributed by atoms with E-state index in [0.29, 0.717) is 13.2 Å². The molecule has 0 saturated heterocycles. The standard InChI is InChI=1S/C21H24N2O3/c1-3-26-19-9-6-16-12-17(21(24)23-20(16)13-19)14-22-11-10-15-4-7-18(25-2)8-5-15/h4-9,12-13,22H,3,10-11,14H2,1-2H3,(H,23,24). The van der Waals surface area contributed by atoms with Gasteiger partial charge in [0.15, 0.2) is 0 Å². The summed E-state index contributed by atoms with van der Waals surface area (Å²) in [6.07, 6.45) is 0.896. The highest BCUT2D eigenvalue weighted by Gasteiger charge is 2.04. The van der Waals surface area contributed by atoms with Gasteiger partial charge < -0.3 is 19.8 Å². The molecule has 0 fully saturated rings. The summed E-state index contributed by atoms with van der Waals surface area (Å²) in [5.41, 5.74) is 2.69. The van der Waals surface area contributed by atoms with Crippen LogP contribution in [0, 0.1) is 0 Å². The molecule has 5 heteroatoms. The number of benzene rings is 2. The molecule has 5 nitrogen and oxygen atoms in total. The summed E-state index contributed by atoms with van der Waals surface area (Å²) in [6, 6.07) is 15.7. The molecule has 2 N–H and O–H groups in total. The Balaban J connectivity index is 1.60. The molecule has 136 valence electrons. The lowest BCUT2D eigenvalue weighted by Gasteiger charge is -2.08. The van der Waals surface area contributed by atoms with Gasteiger partial charge in [-0.05, 0) is 61.2 Å². The number of ether oxygens (including phenoxy) is 2. The second-order valence-corrected chi connectivity index (χ2v) is 6.08. The van der Waals surface area contributed by atoms with Crippen LogP contribution in [0.4, 0.5) is 0 Å². The maximum Gasteiger partial charge on any atom is 0.252 e. The molecule has 0 spiro atoms. The number of aromatic nitrogens is 1. The molecule has 1 heterocycles. The van der Waals surface area contributed by atoms with Crippen LogP contribution in [0.2, 0.25) is 0 Å². The van der Waals surface area contributed by atoms with Crippen LogP contribution in [-0.2, 0) is 13.0 Å². The smallest absolute Gasteiger partial charge is 0.252 e. The molecule has 0 saturated carbocycles. The van der Waals surface area contributed by atoms with Crippen molar-refractivity contribution in [3.63, 3.8) is 0 Å². The van der Waals surface area contributed by atoms with E-state index in [1.54, 1.807) is 7.11 Å². The molecule has 0 aliphatic carbocycles. The predicted molar refractivity (Wildman–Crippen MR) is 104 cm³/mol. The Hall–Kier alpha value is -2.79. The quantitative estimate of drug-likeness (QED) is 0.611. The molecule has 0 atom stereocenters. The Kier molecular flexibility index (Phi) is 5.92. The summed E-state index contributed by atoms with van der Waals surface area (Å²) >= 11 is 0. The minimum Gasteiger partial charge on any atom is -0.497 e. The highest BCUT2D eigenvalue weighted by molar-refractivity contribution is 5.80. The van der Waals surface area contributed by atoms with E-state index in [4.69, 9.17) is 9.47 Å². The molecule has 3 aromatic rings. The first kappa shape index (κ1) is 18.0. The molecule has 0 aliphatic heterocycles. The van der Waals surface area contributed by atoms with Gasteiger partial charge in [0, 0.05) is 18.2 Å². The predicted octanol–water partition coefficient (Wildman–Crippen LogP) is 3.27. The third kappa shape index (κ3) is 4.43. The topological polar surface area (TPSA) is 63.4 Å². The molecular formula is C21H24N2O3. The van der Waals surface area contributed by atoms with Crippen molar-refractivity contribution in [3.8, 4) is 11.5 Å². The summed E-state index contributed by atoms with van der Waals surface area (Å²) in [7, 11) is 1.66. The number of pyridine rings is 1. The number of hydrogen-bond donors (Lipinski definition) is 2. The van der Waals surface area contributed by atoms with Crippen molar-refractivity contribution < 1.29 is 9.47 Å². The van der Waals surface area contributed by atoms with Crippen molar-refractivity contribution >= 4 is 10.9 Å². The molecular weight excluding hydrogens is 328 g/mol. The Bertz CT molecular complexity index is 917. The number of methoxy groups -OCH3 is 1. The zero-order valence-corrected chi connectivity index (χ0v) is 15.2. The average molecular weight is 352 g/mol. The zero-order valence-electron chi connectivity index (χ0n) is 15.2. The van der Waals surface area contributed by atoms with Crippen molar-refractivity contribution in [2.45, 2.75) is 19.9 Å². The van der Waals surface area contributed by atoms with Crippen molar-refractivity contribution in [2.24, 2.45) is 0 Å². The zero-order chi connectivity index (χ0) is 18.4. The van der Waals surface area contributed by atoms with Crippen LogP contribution >= 0.6 is 0 Å². The van der Waals surface area contributed by atoms with Gasteiger partial charge in [-0.3, -0.25) is 4.79 Å². The number of rotatable bonds is 8. The van der Waals surface area contributed by atoms with E-state index in [1.165, 1.54) is 5.56 Å². The van der Waals surface area contributed by atoms with Crippen molar-refractivity contribution in [2.75, 3.05) is 20.3 Å². The second kappa shape index (κ2) is 8.54. The van der Waals surface area contributed by atoms with Crippen LogP contribution in [0.5, 0.6) is 11.5 Å². The van der Waals surface area contributed by atoms with Crippen LogP contribution < -0.4 is 20.3 Å². The SMILES string of the molecule is CCOc1ccc2cc(CNCCc3ccc(OC)cc3)c(=O)[nH]c2c1. The Morgan fingerprint density at radius 3 is 2.54 bits per heavy atom. The summed E-state index contributed by atoms with van der Waals surface area (Å²) in [5.74, 6) is 1.62. The minimum atomic E-state index is -0.0666. The minimum absolute atomic E-state index is 0.0666. The fourth-order valence-corrected chi connectivity index (χ4v) is 2.86. The van der Waals surface area contributed by atoms with Gasteiger partial charge in [-0.15, -0.1) is 0 Å². The Labute approximate surface area is 153 Å². The number of H-pyrrole nitrogens is 1. The largest absolute Gasteiger partial charge is 0.497 e. The first-order valence-electron chi connectivity index (χ1n) is 8.82. The summed E-state index contributed by atoms with van der Waals surface area (Å²) < 4.78 is 10.6. The van der Waals surface area contributed by atoms with Gasteiger partial charge in [-0.1, -0.05) is 12.1 Å². The van der Waals surface area contributed by atoms with Crippen LogP contribution in [0.1, 0.15) is 18.1 Å². The number of hydrogen-bond acceptors (Lipinski definition) is 4. The van der Waals surface area contributed by atoms with E-state index in [-0.39, 0.29) is 5.56 Å².